The summed E-state index contributed by atoms with van der Waals surface area (Å²) in [5.41, 5.74) is 7.46. The van der Waals surface area contributed by atoms with Gasteiger partial charge in [0.15, 0.2) is 0 Å². The molecule has 0 amide bonds. The maximum Gasteiger partial charge on any atom is 0.138 e. The summed E-state index contributed by atoms with van der Waals surface area (Å²) in [5.74, 6) is 0.891. The molecule has 0 atom stereocenters. The zero-order valence-corrected chi connectivity index (χ0v) is 19.0. The second-order valence-corrected chi connectivity index (χ2v) is 9.10. The number of hydrogen-bond acceptors (Lipinski definition) is 4. The van der Waals surface area contributed by atoms with Gasteiger partial charge >= 0.3 is 0 Å². The number of nitrogens with zero attached hydrogens (tertiary/aromatic N) is 4. The van der Waals surface area contributed by atoms with Crippen molar-refractivity contribution >= 4 is 27.6 Å². The maximum atomic E-state index is 4.87. The molecule has 6 heteroatoms. The van der Waals surface area contributed by atoms with Crippen LogP contribution in [0.2, 0.25) is 0 Å². The van der Waals surface area contributed by atoms with Crippen molar-refractivity contribution in [3.05, 3.63) is 66.9 Å². The van der Waals surface area contributed by atoms with Crippen molar-refractivity contribution in [1.82, 2.24) is 24.8 Å². The largest absolute Gasteiger partial charge is 0.369 e. The van der Waals surface area contributed by atoms with Crippen LogP contribution in [-0.2, 0) is 0 Å². The van der Waals surface area contributed by atoms with Crippen molar-refractivity contribution in [2.75, 3.05) is 31.1 Å². The van der Waals surface area contributed by atoms with Crippen molar-refractivity contribution in [1.29, 1.82) is 0 Å². The van der Waals surface area contributed by atoms with Gasteiger partial charge in [-0.25, -0.2) is 4.98 Å². The number of fused-ring (bicyclic) bond motifs is 2. The first kappa shape index (κ1) is 20.0. The Labute approximate surface area is 193 Å². The summed E-state index contributed by atoms with van der Waals surface area (Å²) < 4.78 is 0. The molecule has 0 aliphatic carbocycles. The zero-order chi connectivity index (χ0) is 22.4. The lowest BCUT2D eigenvalue weighted by atomic mass is 10.1. The van der Waals surface area contributed by atoms with E-state index in [0.717, 1.165) is 65.5 Å². The molecule has 0 unspecified atom stereocenters. The molecule has 0 spiro atoms. The maximum absolute atomic E-state index is 4.87. The van der Waals surface area contributed by atoms with Crippen LogP contribution in [0.1, 0.15) is 13.8 Å². The molecule has 6 rings (SSSR count). The van der Waals surface area contributed by atoms with Gasteiger partial charge in [0.1, 0.15) is 5.82 Å². The molecule has 4 heterocycles. The molecule has 6 nitrogen and oxygen atoms in total. The summed E-state index contributed by atoms with van der Waals surface area (Å²) in [7, 11) is 0. The van der Waals surface area contributed by atoms with Crippen LogP contribution in [0.25, 0.3) is 44.7 Å². The molecule has 1 aliphatic heterocycles. The van der Waals surface area contributed by atoms with E-state index in [4.69, 9.17) is 4.98 Å². The summed E-state index contributed by atoms with van der Waals surface area (Å²) in [4.78, 5) is 21.4. The third-order valence-corrected chi connectivity index (χ3v) is 6.71. The number of rotatable bonds is 4. The lowest BCUT2D eigenvalue weighted by molar-refractivity contribution is 0.209. The van der Waals surface area contributed by atoms with E-state index < -0.39 is 0 Å². The van der Waals surface area contributed by atoms with E-state index in [-0.39, 0.29) is 0 Å². The Morgan fingerprint density at radius 2 is 1.73 bits per heavy atom. The van der Waals surface area contributed by atoms with Gasteiger partial charge in [-0.05, 0) is 56.3 Å². The molecule has 1 saturated heterocycles. The fraction of sp³-hybridized carbons (Fsp3) is 0.259. The smallest absolute Gasteiger partial charge is 0.138 e. The number of aromatic nitrogens is 4. The molecular weight excluding hydrogens is 408 g/mol. The molecule has 3 aromatic heterocycles. The second-order valence-electron chi connectivity index (χ2n) is 9.10. The number of anilines is 1. The molecule has 33 heavy (non-hydrogen) atoms. The second kappa shape index (κ2) is 8.05. The highest BCUT2D eigenvalue weighted by atomic mass is 15.3. The van der Waals surface area contributed by atoms with Gasteiger partial charge in [-0.2, -0.15) is 0 Å². The zero-order valence-electron chi connectivity index (χ0n) is 19.0. The van der Waals surface area contributed by atoms with Crippen LogP contribution in [0.15, 0.2) is 66.9 Å². The SMILES string of the molecule is CC(C)N1CCN(c2ccc3nc(-c4ccc5cc(-c6ccccn6)[nH]c5c4)[nH]c3c2)CC1. The number of imidazole rings is 1. The van der Waals surface area contributed by atoms with E-state index >= 15 is 0 Å². The molecule has 0 saturated carbocycles. The molecule has 2 N–H and O–H groups in total. The Kier molecular flexibility index (Phi) is 4.88. The summed E-state index contributed by atoms with van der Waals surface area (Å²) >= 11 is 0. The monoisotopic (exact) mass is 436 g/mol. The fourth-order valence-corrected chi connectivity index (χ4v) is 4.76. The lowest BCUT2D eigenvalue weighted by Crippen LogP contribution is -2.48. The van der Waals surface area contributed by atoms with E-state index in [2.05, 4.69) is 81.1 Å². The Morgan fingerprint density at radius 1 is 0.848 bits per heavy atom. The van der Waals surface area contributed by atoms with E-state index in [9.17, 15) is 0 Å². The summed E-state index contributed by atoms with van der Waals surface area (Å²) in [6.07, 6.45) is 1.82. The van der Waals surface area contributed by atoms with Gasteiger partial charge in [-0.1, -0.05) is 18.2 Å². The molecule has 0 bridgehead atoms. The Bertz CT molecular complexity index is 1410. The van der Waals surface area contributed by atoms with E-state index in [0.29, 0.717) is 6.04 Å². The predicted molar refractivity (Wildman–Crippen MR) is 136 cm³/mol. The van der Waals surface area contributed by atoms with Crippen molar-refractivity contribution in [2.24, 2.45) is 0 Å². The number of H-pyrrole nitrogens is 2. The van der Waals surface area contributed by atoms with Crippen LogP contribution in [0.3, 0.4) is 0 Å². The predicted octanol–water partition coefficient (Wildman–Crippen LogP) is 5.30. The number of nitrogens with one attached hydrogen (secondary N) is 2. The molecule has 0 radical (unpaired) electrons. The van der Waals surface area contributed by atoms with Crippen LogP contribution >= 0.6 is 0 Å². The quantitative estimate of drug-likeness (QED) is 0.401. The Hall–Kier alpha value is -3.64. The van der Waals surface area contributed by atoms with Crippen LogP contribution in [-0.4, -0.2) is 57.1 Å². The number of hydrogen-bond donors (Lipinski definition) is 2. The average molecular weight is 437 g/mol. The van der Waals surface area contributed by atoms with Crippen molar-refractivity contribution in [3.8, 4) is 22.8 Å². The van der Waals surface area contributed by atoms with E-state index in [1.54, 1.807) is 0 Å². The average Bonchev–Trinajstić information content (AvgIpc) is 3.48. The first-order valence-electron chi connectivity index (χ1n) is 11.7. The minimum atomic E-state index is 0.613. The fourth-order valence-electron chi connectivity index (χ4n) is 4.76. The van der Waals surface area contributed by atoms with Gasteiger partial charge in [0.25, 0.3) is 0 Å². The van der Waals surface area contributed by atoms with E-state index in [1.807, 2.05) is 24.4 Å². The highest BCUT2D eigenvalue weighted by Crippen LogP contribution is 2.29. The Balaban J connectivity index is 1.28. The van der Waals surface area contributed by atoms with Gasteiger partial charge in [-0.3, -0.25) is 9.88 Å². The third kappa shape index (κ3) is 3.76. The number of benzene rings is 2. The minimum Gasteiger partial charge on any atom is -0.369 e. The van der Waals surface area contributed by atoms with Crippen molar-refractivity contribution in [2.45, 2.75) is 19.9 Å². The number of pyridine rings is 1. The highest BCUT2D eigenvalue weighted by Gasteiger charge is 2.19. The highest BCUT2D eigenvalue weighted by molar-refractivity contribution is 5.90. The third-order valence-electron chi connectivity index (χ3n) is 6.71. The summed E-state index contributed by atoms with van der Waals surface area (Å²) in [5, 5.41) is 1.17. The minimum absolute atomic E-state index is 0.613. The van der Waals surface area contributed by atoms with Gasteiger partial charge in [-0.15, -0.1) is 0 Å². The number of piperazine rings is 1. The van der Waals surface area contributed by atoms with Crippen LogP contribution in [0, 0.1) is 0 Å². The molecule has 1 aliphatic rings. The molecule has 166 valence electrons. The molecule has 5 aromatic rings. The lowest BCUT2D eigenvalue weighted by Gasteiger charge is -2.38. The van der Waals surface area contributed by atoms with Crippen molar-refractivity contribution < 1.29 is 0 Å². The standard InChI is InChI=1S/C27H28N6/c1-18(2)32-11-13-33(14-12-32)21-8-9-23-26(17-21)31-27(30-23)20-7-6-19-15-25(29-24(19)16-20)22-5-3-4-10-28-22/h3-10,15-18,29H,11-14H2,1-2H3,(H,30,31). The molecule has 2 aromatic carbocycles. The molecular formula is C27H28N6. The first-order chi connectivity index (χ1) is 16.1. The van der Waals surface area contributed by atoms with Gasteiger partial charge in [0.05, 0.1) is 22.4 Å². The van der Waals surface area contributed by atoms with Crippen LogP contribution < -0.4 is 4.90 Å². The first-order valence-corrected chi connectivity index (χ1v) is 11.7. The van der Waals surface area contributed by atoms with Gasteiger partial charge < -0.3 is 14.9 Å². The summed E-state index contributed by atoms with van der Waals surface area (Å²) in [6, 6.07) is 21.7. The molecule has 1 fully saturated rings. The summed E-state index contributed by atoms with van der Waals surface area (Å²) in [6.45, 7) is 8.90. The Morgan fingerprint density at radius 3 is 2.52 bits per heavy atom. The topological polar surface area (TPSA) is 63.8 Å². The number of aromatic amines is 2. The van der Waals surface area contributed by atoms with Crippen LogP contribution in [0.4, 0.5) is 5.69 Å². The van der Waals surface area contributed by atoms with Crippen molar-refractivity contribution in [3.63, 3.8) is 0 Å². The van der Waals surface area contributed by atoms with Gasteiger partial charge in [0, 0.05) is 60.6 Å². The van der Waals surface area contributed by atoms with Gasteiger partial charge in [0.2, 0.25) is 0 Å². The van der Waals surface area contributed by atoms with E-state index in [1.165, 1.54) is 11.1 Å². The van der Waals surface area contributed by atoms with Crippen LogP contribution in [0.5, 0.6) is 0 Å². The normalized spacial score (nSPS) is 15.2.